The molecule has 0 aromatic carbocycles. The van der Waals surface area contributed by atoms with E-state index in [-0.39, 0.29) is 23.3 Å². The van der Waals surface area contributed by atoms with Gasteiger partial charge in [0.05, 0.1) is 12.5 Å². The molecular weight excluding hydrogens is 192 g/mol. The molecule has 0 radical (unpaired) electrons. The van der Waals surface area contributed by atoms with Crippen LogP contribution in [0.2, 0.25) is 0 Å². The molecule has 15 heavy (non-hydrogen) atoms. The third-order valence-electron chi connectivity index (χ3n) is 3.49. The molecule has 2 aliphatic rings. The summed E-state index contributed by atoms with van der Waals surface area (Å²) in [4.78, 5) is 11.9. The van der Waals surface area contributed by atoms with Crippen LogP contribution in [0.4, 0.5) is 0 Å². The minimum atomic E-state index is 0.0707. The van der Waals surface area contributed by atoms with E-state index in [0.29, 0.717) is 6.61 Å². The van der Waals surface area contributed by atoms with Gasteiger partial charge < -0.3 is 15.4 Å². The third kappa shape index (κ3) is 2.32. The Morgan fingerprint density at radius 1 is 1.53 bits per heavy atom. The summed E-state index contributed by atoms with van der Waals surface area (Å²) in [5.74, 6) is 0.232. The Kier molecular flexibility index (Phi) is 2.98. The zero-order chi connectivity index (χ0) is 10.9. The highest BCUT2D eigenvalue weighted by Crippen LogP contribution is 2.24. The van der Waals surface area contributed by atoms with Crippen LogP contribution in [0, 0.1) is 11.3 Å². The highest BCUT2D eigenvalue weighted by Gasteiger charge is 2.36. The van der Waals surface area contributed by atoms with Gasteiger partial charge in [-0.1, -0.05) is 13.8 Å². The molecule has 2 atom stereocenters. The summed E-state index contributed by atoms with van der Waals surface area (Å²) < 4.78 is 5.22. The van der Waals surface area contributed by atoms with Gasteiger partial charge in [-0.3, -0.25) is 4.79 Å². The van der Waals surface area contributed by atoms with Gasteiger partial charge in [-0.2, -0.15) is 0 Å². The Labute approximate surface area is 90.8 Å². The molecule has 2 heterocycles. The fraction of sp³-hybridized carbons (Fsp3) is 0.909. The molecule has 2 aliphatic heterocycles. The second-order valence-electron chi connectivity index (χ2n) is 5.24. The van der Waals surface area contributed by atoms with Gasteiger partial charge in [-0.25, -0.2) is 0 Å². The van der Waals surface area contributed by atoms with E-state index in [2.05, 4.69) is 24.5 Å². The van der Waals surface area contributed by atoms with E-state index in [4.69, 9.17) is 4.74 Å². The first-order chi connectivity index (χ1) is 7.09. The lowest BCUT2D eigenvalue weighted by Gasteiger charge is -2.27. The second kappa shape index (κ2) is 4.10. The Hall–Kier alpha value is -0.610. The van der Waals surface area contributed by atoms with E-state index in [0.717, 1.165) is 26.1 Å². The molecule has 0 aromatic rings. The fourth-order valence-electron chi connectivity index (χ4n) is 2.22. The van der Waals surface area contributed by atoms with Gasteiger partial charge in [-0.05, 0) is 11.8 Å². The van der Waals surface area contributed by atoms with Gasteiger partial charge in [0.25, 0.3) is 0 Å². The molecule has 2 fully saturated rings. The lowest BCUT2D eigenvalue weighted by molar-refractivity contribution is -0.126. The quantitative estimate of drug-likeness (QED) is 0.684. The molecule has 4 heteroatoms. The average molecular weight is 212 g/mol. The van der Waals surface area contributed by atoms with E-state index >= 15 is 0 Å². The number of rotatable bonds is 2. The molecule has 0 bridgehead atoms. The van der Waals surface area contributed by atoms with Gasteiger partial charge >= 0.3 is 0 Å². The molecule has 2 N–H and O–H groups in total. The van der Waals surface area contributed by atoms with Crippen molar-refractivity contribution in [2.45, 2.75) is 26.3 Å². The Bertz CT molecular complexity index is 247. The van der Waals surface area contributed by atoms with Crippen molar-refractivity contribution in [3.8, 4) is 0 Å². The summed E-state index contributed by atoms with van der Waals surface area (Å²) in [7, 11) is 0. The third-order valence-corrected chi connectivity index (χ3v) is 3.49. The van der Waals surface area contributed by atoms with Gasteiger partial charge in [0.1, 0.15) is 0 Å². The number of hydrogen-bond acceptors (Lipinski definition) is 3. The summed E-state index contributed by atoms with van der Waals surface area (Å²) in [6, 6.07) is 0.255. The normalized spacial score (nSPS) is 34.3. The van der Waals surface area contributed by atoms with Crippen molar-refractivity contribution in [1.82, 2.24) is 10.6 Å². The predicted octanol–water partition coefficient (Wildman–Crippen LogP) is 0.137. The molecule has 0 spiro atoms. The maximum atomic E-state index is 11.9. The van der Waals surface area contributed by atoms with Crippen LogP contribution in [0.25, 0.3) is 0 Å². The molecule has 0 aliphatic carbocycles. The van der Waals surface area contributed by atoms with Crippen LogP contribution < -0.4 is 10.6 Å². The van der Waals surface area contributed by atoms with Crippen molar-refractivity contribution in [3.63, 3.8) is 0 Å². The minimum absolute atomic E-state index is 0.0707. The first-order valence-electron chi connectivity index (χ1n) is 5.68. The van der Waals surface area contributed by atoms with E-state index in [1.54, 1.807) is 0 Å². The van der Waals surface area contributed by atoms with Crippen molar-refractivity contribution >= 4 is 5.91 Å². The van der Waals surface area contributed by atoms with E-state index in [1.807, 2.05) is 0 Å². The molecule has 0 aromatic heterocycles. The van der Waals surface area contributed by atoms with Crippen LogP contribution >= 0.6 is 0 Å². The lowest BCUT2D eigenvalue weighted by atomic mass is 9.87. The molecule has 2 saturated heterocycles. The van der Waals surface area contributed by atoms with Crippen LogP contribution in [0.3, 0.4) is 0 Å². The molecule has 1 amide bonds. The zero-order valence-electron chi connectivity index (χ0n) is 9.51. The largest absolute Gasteiger partial charge is 0.381 e. The smallest absolute Gasteiger partial charge is 0.225 e. The zero-order valence-corrected chi connectivity index (χ0v) is 9.51. The molecular formula is C11H20N2O2. The highest BCUT2D eigenvalue weighted by atomic mass is 16.5. The van der Waals surface area contributed by atoms with Crippen LogP contribution in [0.5, 0.6) is 0 Å². The van der Waals surface area contributed by atoms with Crippen molar-refractivity contribution in [1.29, 1.82) is 0 Å². The molecule has 2 unspecified atom stereocenters. The van der Waals surface area contributed by atoms with Gasteiger partial charge in [-0.15, -0.1) is 0 Å². The number of carbonyl (C=O) groups excluding carboxylic acids is 1. The van der Waals surface area contributed by atoms with Gasteiger partial charge in [0.2, 0.25) is 5.91 Å². The number of carbonyl (C=O) groups is 1. The topological polar surface area (TPSA) is 50.4 Å². The van der Waals surface area contributed by atoms with Gasteiger partial charge in [0, 0.05) is 25.7 Å². The summed E-state index contributed by atoms with van der Waals surface area (Å²) in [5, 5.41) is 6.44. The maximum Gasteiger partial charge on any atom is 0.225 e. The second-order valence-corrected chi connectivity index (χ2v) is 5.24. The monoisotopic (exact) mass is 212 g/mol. The van der Waals surface area contributed by atoms with Gasteiger partial charge in [0.15, 0.2) is 0 Å². The predicted molar refractivity (Wildman–Crippen MR) is 57.5 cm³/mol. The Morgan fingerprint density at radius 2 is 2.33 bits per heavy atom. The van der Waals surface area contributed by atoms with E-state index in [9.17, 15) is 4.79 Å². The standard InChI is InChI=1S/C11H20N2O2/c1-11(2)7-12-5-9(11)13-10(14)8-3-4-15-6-8/h8-9,12H,3-7H2,1-2H3,(H,13,14). The number of nitrogens with one attached hydrogen (secondary N) is 2. The number of amides is 1. The number of ether oxygens (including phenoxy) is 1. The molecule has 86 valence electrons. The van der Waals surface area contributed by atoms with Crippen LogP contribution in [0.1, 0.15) is 20.3 Å². The van der Waals surface area contributed by atoms with E-state index in [1.165, 1.54) is 0 Å². The van der Waals surface area contributed by atoms with Crippen LogP contribution in [0.15, 0.2) is 0 Å². The number of hydrogen-bond donors (Lipinski definition) is 2. The van der Waals surface area contributed by atoms with Crippen molar-refractivity contribution in [2.75, 3.05) is 26.3 Å². The Morgan fingerprint density at radius 3 is 2.87 bits per heavy atom. The first-order valence-corrected chi connectivity index (χ1v) is 5.68. The van der Waals surface area contributed by atoms with Crippen molar-refractivity contribution in [2.24, 2.45) is 11.3 Å². The average Bonchev–Trinajstić information content (AvgIpc) is 2.76. The summed E-state index contributed by atoms with van der Waals surface area (Å²) in [6.07, 6.45) is 0.867. The summed E-state index contributed by atoms with van der Waals surface area (Å²) >= 11 is 0. The maximum absolute atomic E-state index is 11.9. The molecule has 0 saturated carbocycles. The first kappa shape index (κ1) is 10.9. The van der Waals surface area contributed by atoms with Crippen molar-refractivity contribution in [3.05, 3.63) is 0 Å². The van der Waals surface area contributed by atoms with Crippen molar-refractivity contribution < 1.29 is 9.53 Å². The molecule has 2 rings (SSSR count). The highest BCUT2D eigenvalue weighted by molar-refractivity contribution is 5.79. The summed E-state index contributed by atoms with van der Waals surface area (Å²) in [5.41, 5.74) is 0.162. The molecule has 4 nitrogen and oxygen atoms in total. The summed E-state index contributed by atoms with van der Waals surface area (Å²) in [6.45, 7) is 7.54. The lowest BCUT2D eigenvalue weighted by Crippen LogP contribution is -2.46. The Balaban J connectivity index is 1.88. The van der Waals surface area contributed by atoms with E-state index < -0.39 is 0 Å². The van der Waals surface area contributed by atoms with Crippen LogP contribution in [-0.4, -0.2) is 38.3 Å². The SMILES string of the molecule is CC1(C)CNCC1NC(=O)C1CCOC1. The minimum Gasteiger partial charge on any atom is -0.381 e. The van der Waals surface area contributed by atoms with Crippen LogP contribution in [-0.2, 0) is 9.53 Å². The fourth-order valence-corrected chi connectivity index (χ4v) is 2.22.